The quantitative estimate of drug-likeness (QED) is 0.236. The third-order valence-corrected chi connectivity index (χ3v) is 13.8. The van der Waals surface area contributed by atoms with Crippen molar-refractivity contribution >= 4 is 17.9 Å². The van der Waals surface area contributed by atoms with Crippen molar-refractivity contribution in [3.05, 3.63) is 94.8 Å². The average molecular weight is 504 g/mol. The van der Waals surface area contributed by atoms with E-state index in [1.54, 1.807) is 27.1 Å². The minimum absolute atomic E-state index is 0. The molecular weight excluding hydrogens is 468 g/mol. The Kier molecular flexibility index (Phi) is 7.06. The molecule has 0 N–H and O–H groups in total. The first-order valence-electron chi connectivity index (χ1n) is 11.1. The Hall–Kier alpha value is -1.29. The summed E-state index contributed by atoms with van der Waals surface area (Å²) in [5, 5.41) is 4.91. The minimum atomic E-state index is -2.21. The predicted molar refractivity (Wildman–Crippen MR) is 132 cm³/mol. The molecule has 160 valence electrons. The number of allylic oxidation sites excluding steroid dienone is 6. The van der Waals surface area contributed by atoms with Gasteiger partial charge in [0, 0.05) is 19.5 Å². The molecule has 0 saturated carbocycles. The average Bonchev–Trinajstić information content (AvgIpc) is 2.91. The van der Waals surface area contributed by atoms with E-state index in [2.05, 4.69) is 107 Å². The van der Waals surface area contributed by atoms with Crippen LogP contribution in [-0.2, 0) is 19.5 Å². The van der Waals surface area contributed by atoms with Crippen LogP contribution in [-0.4, -0.2) is 5.66 Å². The van der Waals surface area contributed by atoms with Crippen molar-refractivity contribution in [3.8, 4) is 0 Å². The molecule has 0 aliphatic heterocycles. The van der Waals surface area contributed by atoms with E-state index >= 15 is 0 Å². The SMILES string of the molecule is CC1=C(C)C(C)(C)C([PH](c2ccccc2)(c2ccccc2)C2CC=CCC2)=C1C.[Ru]. The summed E-state index contributed by atoms with van der Waals surface area (Å²) in [6.07, 6.45) is 8.53. The second kappa shape index (κ2) is 9.06. The molecule has 0 radical (unpaired) electrons. The predicted octanol–water partition coefficient (Wildman–Crippen LogP) is 7.14. The van der Waals surface area contributed by atoms with Gasteiger partial charge >= 0.3 is 178 Å². The Morgan fingerprint density at radius 1 is 0.767 bits per heavy atom. The second-order valence-corrected chi connectivity index (χ2v) is 13.5. The summed E-state index contributed by atoms with van der Waals surface area (Å²) in [6.45, 7) is 12.1. The van der Waals surface area contributed by atoms with E-state index in [4.69, 9.17) is 0 Å². The molecule has 1 unspecified atom stereocenters. The molecule has 2 aromatic carbocycles. The molecule has 0 bridgehead atoms. The minimum Gasteiger partial charge on any atom is 0 e. The molecule has 2 aliphatic rings. The summed E-state index contributed by atoms with van der Waals surface area (Å²) in [6, 6.07) is 23.1. The monoisotopic (exact) mass is 504 g/mol. The molecule has 0 spiro atoms. The summed E-state index contributed by atoms with van der Waals surface area (Å²) < 4.78 is 0. The van der Waals surface area contributed by atoms with Crippen LogP contribution in [0.4, 0.5) is 0 Å². The van der Waals surface area contributed by atoms with Crippen LogP contribution in [0.1, 0.15) is 53.9 Å². The van der Waals surface area contributed by atoms with Crippen molar-refractivity contribution in [2.24, 2.45) is 5.41 Å². The molecule has 0 nitrogen and oxygen atoms in total. The summed E-state index contributed by atoms with van der Waals surface area (Å²) >= 11 is 0. The van der Waals surface area contributed by atoms with E-state index in [0.29, 0.717) is 5.66 Å². The van der Waals surface area contributed by atoms with Gasteiger partial charge in [0.05, 0.1) is 0 Å². The summed E-state index contributed by atoms with van der Waals surface area (Å²) in [7, 11) is -2.21. The van der Waals surface area contributed by atoms with Crippen LogP contribution in [0.15, 0.2) is 94.8 Å². The first-order chi connectivity index (χ1) is 13.9. The zero-order chi connectivity index (χ0) is 20.6. The largest absolute Gasteiger partial charge is 0 e. The van der Waals surface area contributed by atoms with Crippen LogP contribution in [0.25, 0.3) is 0 Å². The Bertz CT molecular complexity index is 940. The van der Waals surface area contributed by atoms with Crippen LogP contribution in [0, 0.1) is 5.41 Å². The van der Waals surface area contributed by atoms with Crippen molar-refractivity contribution in [1.82, 2.24) is 0 Å². The summed E-state index contributed by atoms with van der Waals surface area (Å²) in [4.78, 5) is 0. The van der Waals surface area contributed by atoms with Gasteiger partial charge in [-0.25, -0.2) is 0 Å². The normalized spacial score (nSPS) is 21.6. The third-order valence-electron chi connectivity index (χ3n) is 7.80. The summed E-state index contributed by atoms with van der Waals surface area (Å²) in [5.74, 6) is 0. The van der Waals surface area contributed by atoms with Gasteiger partial charge in [-0.2, -0.15) is 0 Å². The van der Waals surface area contributed by atoms with Crippen molar-refractivity contribution in [2.45, 2.75) is 59.5 Å². The molecule has 30 heavy (non-hydrogen) atoms. The zero-order valence-corrected chi connectivity index (χ0v) is 21.7. The smallest absolute Gasteiger partial charge is 0 e. The molecule has 0 aromatic heterocycles. The number of rotatable bonds is 4. The number of benzene rings is 2. The van der Waals surface area contributed by atoms with Crippen molar-refractivity contribution in [3.63, 3.8) is 0 Å². The van der Waals surface area contributed by atoms with E-state index in [9.17, 15) is 0 Å². The van der Waals surface area contributed by atoms with E-state index in [0.717, 1.165) is 0 Å². The van der Waals surface area contributed by atoms with Gasteiger partial charge in [0.1, 0.15) is 0 Å². The van der Waals surface area contributed by atoms with Gasteiger partial charge in [-0.05, 0) is 0 Å². The fraction of sp³-hybridized carbons (Fsp3) is 0.357. The van der Waals surface area contributed by atoms with Crippen LogP contribution >= 0.6 is 7.26 Å². The summed E-state index contributed by atoms with van der Waals surface area (Å²) in [5.41, 5.74) is 5.43. The zero-order valence-electron chi connectivity index (χ0n) is 19.0. The molecular formula is C28H35PRu. The Balaban J connectivity index is 0.00000256. The Morgan fingerprint density at radius 2 is 1.30 bits per heavy atom. The molecule has 0 heterocycles. The van der Waals surface area contributed by atoms with Crippen LogP contribution in [0.2, 0.25) is 0 Å². The van der Waals surface area contributed by atoms with Crippen molar-refractivity contribution < 1.29 is 19.5 Å². The van der Waals surface area contributed by atoms with Gasteiger partial charge in [0.25, 0.3) is 0 Å². The standard InChI is InChI=1S/C28H35P.Ru/c1-21-22(2)27(28(4,5)23(21)3)29(24-15-9-6-10-16-24,25-17-11-7-12-18-25)26-19-13-8-14-20-26;/h6-13,15-18,26,29H,14,19-20H2,1-5H3;. The maximum absolute atomic E-state index is 2.48. The topological polar surface area (TPSA) is 0 Å². The van der Waals surface area contributed by atoms with E-state index in [-0.39, 0.29) is 24.9 Å². The Morgan fingerprint density at radius 3 is 1.70 bits per heavy atom. The number of hydrogen-bond acceptors (Lipinski definition) is 0. The molecule has 0 amide bonds. The molecule has 0 fully saturated rings. The van der Waals surface area contributed by atoms with E-state index in [1.165, 1.54) is 24.8 Å². The molecule has 2 heteroatoms. The second-order valence-electron chi connectivity index (χ2n) is 9.40. The molecule has 4 rings (SSSR count). The van der Waals surface area contributed by atoms with Crippen LogP contribution < -0.4 is 10.6 Å². The molecule has 2 aromatic rings. The Labute approximate surface area is 196 Å². The molecule has 0 saturated heterocycles. The third kappa shape index (κ3) is 3.53. The van der Waals surface area contributed by atoms with E-state index < -0.39 is 7.26 Å². The van der Waals surface area contributed by atoms with Crippen LogP contribution in [0.5, 0.6) is 0 Å². The molecule has 1 atom stereocenters. The fourth-order valence-corrected chi connectivity index (χ4v) is 12.8. The first-order valence-corrected chi connectivity index (χ1v) is 13.2. The first kappa shape index (κ1) is 23.4. The van der Waals surface area contributed by atoms with Crippen molar-refractivity contribution in [1.29, 1.82) is 0 Å². The van der Waals surface area contributed by atoms with Gasteiger partial charge in [0.2, 0.25) is 0 Å². The van der Waals surface area contributed by atoms with Gasteiger partial charge in [-0.3, -0.25) is 0 Å². The maximum atomic E-state index is 2.48. The van der Waals surface area contributed by atoms with Gasteiger partial charge < -0.3 is 0 Å². The van der Waals surface area contributed by atoms with E-state index in [1.807, 2.05) is 0 Å². The van der Waals surface area contributed by atoms with Gasteiger partial charge in [-0.1, -0.05) is 0 Å². The maximum Gasteiger partial charge on any atom is 0 e. The van der Waals surface area contributed by atoms with Crippen molar-refractivity contribution in [2.75, 3.05) is 0 Å². The molecule has 2 aliphatic carbocycles. The number of hydrogen-bond donors (Lipinski definition) is 0. The fourth-order valence-electron chi connectivity index (χ4n) is 6.10. The van der Waals surface area contributed by atoms with Gasteiger partial charge in [0.15, 0.2) is 0 Å². The van der Waals surface area contributed by atoms with Crippen LogP contribution in [0.3, 0.4) is 0 Å². The van der Waals surface area contributed by atoms with Gasteiger partial charge in [-0.15, -0.1) is 0 Å².